The third kappa shape index (κ3) is 5.19. The van der Waals surface area contributed by atoms with Crippen molar-refractivity contribution >= 4 is 35.0 Å². The Morgan fingerprint density at radius 1 is 1.12 bits per heavy atom. The Morgan fingerprint density at radius 2 is 1.82 bits per heavy atom. The number of methoxy groups -OCH3 is 1. The Morgan fingerprint density at radius 3 is 2.48 bits per heavy atom. The fourth-order valence-corrected chi connectivity index (χ4v) is 5.65. The lowest BCUT2D eigenvalue weighted by Gasteiger charge is -2.39. The predicted molar refractivity (Wildman–Crippen MR) is 146 cm³/mol. The second kappa shape index (κ2) is 11.9. The molecule has 0 saturated heterocycles. The highest BCUT2D eigenvalue weighted by Gasteiger charge is 2.49. The maximum Gasteiger partial charge on any atom is 0.336 e. The molecule has 1 heterocycles. The molecule has 0 fully saturated rings. The molecule has 0 saturated carbocycles. The van der Waals surface area contributed by atoms with Crippen molar-refractivity contribution in [1.82, 2.24) is 5.32 Å². The van der Waals surface area contributed by atoms with Crippen LogP contribution in [0.3, 0.4) is 0 Å². The lowest BCUT2D eigenvalue weighted by molar-refractivity contribution is -0.384. The van der Waals surface area contributed by atoms with Gasteiger partial charge in [-0.15, -0.1) is 0 Å². The molecule has 2 aromatic carbocycles. The summed E-state index contributed by atoms with van der Waals surface area (Å²) in [4.78, 5) is 52.0. The van der Waals surface area contributed by atoms with Crippen LogP contribution in [0.2, 0.25) is 5.02 Å². The van der Waals surface area contributed by atoms with Gasteiger partial charge in [0.1, 0.15) is 16.7 Å². The van der Waals surface area contributed by atoms with Crippen LogP contribution in [0.15, 0.2) is 65.0 Å². The zero-order chi connectivity index (χ0) is 29.1. The van der Waals surface area contributed by atoms with E-state index in [1.165, 1.54) is 25.3 Å². The molecule has 0 amide bonds. The number of para-hydroxylation sites is 1. The molecule has 11 heteroatoms. The van der Waals surface area contributed by atoms with Crippen LogP contribution in [-0.2, 0) is 23.9 Å². The van der Waals surface area contributed by atoms with E-state index in [9.17, 15) is 24.5 Å². The van der Waals surface area contributed by atoms with Crippen molar-refractivity contribution in [3.63, 3.8) is 0 Å². The van der Waals surface area contributed by atoms with Crippen LogP contribution >= 0.6 is 11.6 Å². The summed E-state index contributed by atoms with van der Waals surface area (Å²) in [6.45, 7) is 5.11. The van der Waals surface area contributed by atoms with Crippen molar-refractivity contribution < 1.29 is 33.5 Å². The smallest absolute Gasteiger partial charge is 0.336 e. The molecule has 1 aliphatic carbocycles. The normalized spacial score (nSPS) is 20.4. The van der Waals surface area contributed by atoms with Crippen LogP contribution in [0.1, 0.15) is 50.2 Å². The standard InChI is InChI=1S/C29H29ClN2O8/c1-5-39-28(34)23-15(3)31-20-14-18(17-9-7-8-10-22(17)38-4)25(29(35)40-6-2)27(33)26(20)24(23)16-11-12-19(30)21(13-16)32(36)37/h7-13,18,24-25,31H,5-6,14H2,1-4H3. The number of hydrogen-bond donors (Lipinski definition) is 1. The number of esters is 2. The Kier molecular flexibility index (Phi) is 8.58. The van der Waals surface area contributed by atoms with Crippen LogP contribution in [0.25, 0.3) is 0 Å². The van der Waals surface area contributed by atoms with Gasteiger partial charge in [0.05, 0.1) is 30.8 Å². The van der Waals surface area contributed by atoms with E-state index in [0.717, 1.165) is 0 Å². The molecule has 1 N–H and O–H groups in total. The molecule has 0 radical (unpaired) electrons. The summed E-state index contributed by atoms with van der Waals surface area (Å²) in [6.07, 6.45) is 0.213. The highest BCUT2D eigenvalue weighted by Crippen LogP contribution is 2.50. The van der Waals surface area contributed by atoms with Crippen molar-refractivity contribution in [2.75, 3.05) is 20.3 Å². The molecule has 2 aromatic rings. The summed E-state index contributed by atoms with van der Waals surface area (Å²) in [5.74, 6) is -4.36. The van der Waals surface area contributed by atoms with E-state index in [0.29, 0.717) is 28.3 Å². The lowest BCUT2D eigenvalue weighted by Crippen LogP contribution is -2.43. The molecule has 210 valence electrons. The molecule has 4 rings (SSSR count). The first kappa shape index (κ1) is 28.8. The van der Waals surface area contributed by atoms with Gasteiger partial charge in [0.25, 0.3) is 5.69 Å². The SMILES string of the molecule is CCOC(=O)C1=C(C)NC2=C(C(=O)C(C(=O)OCC)C(c3ccccc3OC)C2)C1c1ccc(Cl)c([N+](=O)[O-])c1. The molecule has 1 aliphatic heterocycles. The second-order valence-electron chi connectivity index (χ2n) is 9.32. The fourth-order valence-electron chi connectivity index (χ4n) is 5.46. The van der Waals surface area contributed by atoms with Crippen molar-refractivity contribution in [3.8, 4) is 5.75 Å². The number of halogens is 1. The minimum atomic E-state index is -1.25. The fraction of sp³-hybridized carbons (Fsp3) is 0.345. The summed E-state index contributed by atoms with van der Waals surface area (Å²) in [5.41, 5.74) is 1.76. The minimum absolute atomic E-state index is 0.0608. The molecular formula is C29H29ClN2O8. The number of nitro groups is 1. The number of carbonyl (C=O) groups is 3. The van der Waals surface area contributed by atoms with E-state index in [2.05, 4.69) is 5.32 Å². The first-order valence-corrected chi connectivity index (χ1v) is 13.2. The van der Waals surface area contributed by atoms with Crippen molar-refractivity contribution in [2.45, 2.75) is 39.0 Å². The number of allylic oxidation sites excluding steroid dienone is 3. The largest absolute Gasteiger partial charge is 0.496 e. The number of carbonyl (C=O) groups excluding carboxylic acids is 3. The average Bonchev–Trinajstić information content (AvgIpc) is 2.92. The lowest BCUT2D eigenvalue weighted by atomic mass is 9.67. The number of ketones is 1. The molecule has 0 spiro atoms. The molecule has 40 heavy (non-hydrogen) atoms. The van der Waals surface area contributed by atoms with Gasteiger partial charge < -0.3 is 19.5 Å². The van der Waals surface area contributed by atoms with Crippen molar-refractivity contribution in [1.29, 1.82) is 0 Å². The number of hydrogen-bond acceptors (Lipinski definition) is 9. The third-order valence-corrected chi connectivity index (χ3v) is 7.41. The molecule has 2 aliphatic rings. The zero-order valence-electron chi connectivity index (χ0n) is 22.5. The summed E-state index contributed by atoms with van der Waals surface area (Å²) < 4.78 is 16.2. The van der Waals surface area contributed by atoms with Gasteiger partial charge >= 0.3 is 11.9 Å². The van der Waals surface area contributed by atoms with E-state index in [4.69, 9.17) is 25.8 Å². The van der Waals surface area contributed by atoms with E-state index >= 15 is 0 Å². The molecule has 10 nitrogen and oxygen atoms in total. The predicted octanol–water partition coefficient (Wildman–Crippen LogP) is 4.97. The Bertz CT molecular complexity index is 1450. The van der Waals surface area contributed by atoms with E-state index in [1.807, 2.05) is 0 Å². The first-order valence-electron chi connectivity index (χ1n) is 12.8. The van der Waals surface area contributed by atoms with Crippen LogP contribution in [-0.4, -0.2) is 43.0 Å². The number of rotatable bonds is 8. The highest BCUT2D eigenvalue weighted by molar-refractivity contribution is 6.32. The van der Waals surface area contributed by atoms with Gasteiger partial charge in [0, 0.05) is 34.9 Å². The van der Waals surface area contributed by atoms with Crippen LogP contribution < -0.4 is 10.1 Å². The van der Waals surface area contributed by atoms with Gasteiger partial charge in [-0.3, -0.25) is 19.7 Å². The number of dihydropyridines is 1. The third-order valence-electron chi connectivity index (χ3n) is 7.09. The quantitative estimate of drug-likeness (QED) is 0.203. The number of nitrogens with zero attached hydrogens (tertiary/aromatic N) is 1. The highest BCUT2D eigenvalue weighted by atomic mass is 35.5. The second-order valence-corrected chi connectivity index (χ2v) is 9.73. The molecule has 0 bridgehead atoms. The van der Waals surface area contributed by atoms with Crippen LogP contribution in [0, 0.1) is 16.0 Å². The monoisotopic (exact) mass is 568 g/mol. The first-order chi connectivity index (χ1) is 19.1. The van der Waals surface area contributed by atoms with E-state index in [-0.39, 0.29) is 41.5 Å². The summed E-state index contributed by atoms with van der Waals surface area (Å²) >= 11 is 6.08. The van der Waals surface area contributed by atoms with E-state index < -0.39 is 40.4 Å². The average molecular weight is 569 g/mol. The van der Waals surface area contributed by atoms with Gasteiger partial charge in [0.2, 0.25) is 0 Å². The maximum absolute atomic E-state index is 14.4. The Labute approximate surface area is 236 Å². The summed E-state index contributed by atoms with van der Waals surface area (Å²) in [7, 11) is 1.51. The zero-order valence-corrected chi connectivity index (χ0v) is 23.2. The van der Waals surface area contributed by atoms with Gasteiger partial charge in [-0.2, -0.15) is 0 Å². The number of benzene rings is 2. The van der Waals surface area contributed by atoms with Crippen molar-refractivity contribution in [3.05, 3.63) is 91.3 Å². The summed E-state index contributed by atoms with van der Waals surface area (Å²) in [5, 5.41) is 14.8. The Balaban J connectivity index is 1.96. The number of nitro benzene ring substituents is 1. The van der Waals surface area contributed by atoms with Gasteiger partial charge in [0.15, 0.2) is 5.78 Å². The molecule has 0 aromatic heterocycles. The van der Waals surface area contributed by atoms with Gasteiger partial charge in [-0.1, -0.05) is 35.9 Å². The minimum Gasteiger partial charge on any atom is -0.496 e. The van der Waals surface area contributed by atoms with Gasteiger partial charge in [-0.05, 0) is 50.5 Å². The van der Waals surface area contributed by atoms with Crippen LogP contribution in [0.4, 0.5) is 5.69 Å². The number of ether oxygens (including phenoxy) is 3. The topological polar surface area (TPSA) is 134 Å². The van der Waals surface area contributed by atoms with E-state index in [1.54, 1.807) is 45.0 Å². The maximum atomic E-state index is 14.4. The molecule has 3 unspecified atom stereocenters. The Hall–Kier alpha value is -4.18. The van der Waals surface area contributed by atoms with Crippen LogP contribution in [0.5, 0.6) is 5.75 Å². The number of Topliss-reactive ketones (excluding diaryl/α,β-unsaturated/α-hetero) is 1. The summed E-state index contributed by atoms with van der Waals surface area (Å²) in [6, 6.07) is 11.3. The molecule has 3 atom stereocenters. The number of nitrogens with one attached hydrogen (secondary N) is 1. The van der Waals surface area contributed by atoms with Crippen molar-refractivity contribution in [2.24, 2.45) is 5.92 Å². The van der Waals surface area contributed by atoms with Gasteiger partial charge in [-0.25, -0.2) is 4.79 Å². The molecular weight excluding hydrogens is 540 g/mol.